The smallest absolute Gasteiger partial charge is 0.271 e. The van der Waals surface area contributed by atoms with E-state index in [0.717, 1.165) is 17.1 Å². The molecule has 0 bridgehead atoms. The van der Waals surface area contributed by atoms with Crippen molar-refractivity contribution in [2.24, 2.45) is 0 Å². The molecule has 0 radical (unpaired) electrons. The first-order valence-electron chi connectivity index (χ1n) is 5.18. The van der Waals surface area contributed by atoms with Crippen molar-refractivity contribution in [3.05, 3.63) is 44.1 Å². The van der Waals surface area contributed by atoms with Gasteiger partial charge in [0, 0.05) is 10.9 Å². The van der Waals surface area contributed by atoms with Gasteiger partial charge in [-0.15, -0.1) is 11.3 Å². The summed E-state index contributed by atoms with van der Waals surface area (Å²) >= 11 is 4.51. The second kappa shape index (κ2) is 5.70. The van der Waals surface area contributed by atoms with Gasteiger partial charge in [-0.25, -0.2) is 13.8 Å². The van der Waals surface area contributed by atoms with Gasteiger partial charge in [-0.1, -0.05) is 0 Å². The molecule has 0 aliphatic rings. The number of halogens is 3. The van der Waals surface area contributed by atoms with Crippen LogP contribution in [0.25, 0.3) is 0 Å². The summed E-state index contributed by atoms with van der Waals surface area (Å²) in [6.07, 6.45) is 0.898. The third-order valence-corrected chi connectivity index (χ3v) is 3.71. The number of aromatic nitrogens is 2. The average molecular weight is 348 g/mol. The van der Waals surface area contributed by atoms with E-state index in [-0.39, 0.29) is 17.9 Å². The molecule has 2 aromatic heterocycles. The molecule has 0 spiro atoms. The molecule has 1 N–H and O–H groups in total. The van der Waals surface area contributed by atoms with Crippen molar-refractivity contribution in [3.8, 4) is 0 Å². The number of thiazole rings is 1. The number of nitrogens with one attached hydrogen (secondary N) is 1. The van der Waals surface area contributed by atoms with Gasteiger partial charge >= 0.3 is 0 Å². The van der Waals surface area contributed by atoms with Crippen LogP contribution in [0.4, 0.5) is 8.78 Å². The van der Waals surface area contributed by atoms with Crippen LogP contribution in [-0.4, -0.2) is 15.9 Å². The summed E-state index contributed by atoms with van der Waals surface area (Å²) < 4.78 is 26.6. The van der Waals surface area contributed by atoms with E-state index in [0.29, 0.717) is 3.92 Å². The van der Waals surface area contributed by atoms with E-state index in [1.165, 1.54) is 11.3 Å². The van der Waals surface area contributed by atoms with Crippen LogP contribution < -0.4 is 5.32 Å². The van der Waals surface area contributed by atoms with Crippen molar-refractivity contribution in [2.75, 3.05) is 0 Å². The van der Waals surface area contributed by atoms with Crippen molar-refractivity contribution in [1.29, 1.82) is 0 Å². The number of hydrogen-bond acceptors (Lipinski definition) is 4. The number of hydrogen-bond donors (Lipinski definition) is 1. The molecule has 19 heavy (non-hydrogen) atoms. The SMILES string of the molecule is Cc1sc(Br)nc1C(=O)NCc1ncc(F)cc1F. The molecule has 0 aliphatic heterocycles. The van der Waals surface area contributed by atoms with E-state index in [1.54, 1.807) is 6.92 Å². The fourth-order valence-electron chi connectivity index (χ4n) is 1.40. The number of aryl methyl sites for hydroxylation is 1. The van der Waals surface area contributed by atoms with Crippen molar-refractivity contribution < 1.29 is 13.6 Å². The number of amides is 1. The lowest BCUT2D eigenvalue weighted by Crippen LogP contribution is -2.25. The zero-order valence-electron chi connectivity index (χ0n) is 9.71. The highest BCUT2D eigenvalue weighted by molar-refractivity contribution is 9.11. The standard InChI is InChI=1S/C11H8BrF2N3OS/c1-5-9(17-11(12)19-5)10(18)16-4-8-7(14)2-6(13)3-15-8/h2-3H,4H2,1H3,(H,16,18). The first-order valence-corrected chi connectivity index (χ1v) is 6.79. The summed E-state index contributed by atoms with van der Waals surface area (Å²) in [5.74, 6) is -1.98. The van der Waals surface area contributed by atoms with E-state index in [4.69, 9.17) is 0 Å². The third-order valence-electron chi connectivity index (χ3n) is 2.29. The highest BCUT2D eigenvalue weighted by atomic mass is 79.9. The molecule has 4 nitrogen and oxygen atoms in total. The van der Waals surface area contributed by atoms with Gasteiger partial charge in [0.05, 0.1) is 18.4 Å². The fraction of sp³-hybridized carbons (Fsp3) is 0.182. The second-order valence-electron chi connectivity index (χ2n) is 3.64. The zero-order valence-corrected chi connectivity index (χ0v) is 12.1. The van der Waals surface area contributed by atoms with Crippen LogP contribution in [0.3, 0.4) is 0 Å². The molecular formula is C11H8BrF2N3OS. The van der Waals surface area contributed by atoms with Gasteiger partial charge in [-0.05, 0) is 22.9 Å². The quantitative estimate of drug-likeness (QED) is 0.928. The van der Waals surface area contributed by atoms with Gasteiger partial charge in [0.15, 0.2) is 3.92 Å². The first-order chi connectivity index (χ1) is 8.97. The highest BCUT2D eigenvalue weighted by Gasteiger charge is 2.15. The second-order valence-corrected chi connectivity index (χ2v) is 6.12. The number of carbonyl (C=O) groups excluding carboxylic acids is 1. The molecule has 100 valence electrons. The number of carbonyl (C=O) groups is 1. The van der Waals surface area contributed by atoms with Crippen LogP contribution in [0, 0.1) is 18.6 Å². The molecule has 2 rings (SSSR count). The summed E-state index contributed by atoms with van der Waals surface area (Å²) in [6.45, 7) is 1.63. The van der Waals surface area contributed by atoms with Gasteiger partial charge in [-0.3, -0.25) is 9.78 Å². The van der Waals surface area contributed by atoms with Gasteiger partial charge in [-0.2, -0.15) is 0 Å². The summed E-state index contributed by atoms with van der Waals surface area (Å²) in [5, 5.41) is 2.49. The maximum absolute atomic E-state index is 13.3. The molecule has 8 heteroatoms. The molecular weight excluding hydrogens is 340 g/mol. The predicted molar refractivity (Wildman–Crippen MR) is 69.9 cm³/mol. The Bertz CT molecular complexity index is 632. The molecule has 0 aliphatic carbocycles. The minimum atomic E-state index is -0.795. The number of nitrogens with zero attached hydrogens (tertiary/aromatic N) is 2. The Kier molecular flexibility index (Phi) is 4.20. The minimum Gasteiger partial charge on any atom is -0.345 e. The normalized spacial score (nSPS) is 10.5. The fourth-order valence-corrected chi connectivity index (χ4v) is 2.93. The molecule has 0 fully saturated rings. The van der Waals surface area contributed by atoms with Gasteiger partial charge in [0.25, 0.3) is 5.91 Å². The maximum atomic E-state index is 13.3. The molecule has 2 heterocycles. The lowest BCUT2D eigenvalue weighted by molar-refractivity contribution is 0.0945. The van der Waals surface area contributed by atoms with Crippen LogP contribution in [0.15, 0.2) is 16.2 Å². The van der Waals surface area contributed by atoms with Crippen LogP contribution in [-0.2, 0) is 6.54 Å². The van der Waals surface area contributed by atoms with E-state index in [1.807, 2.05) is 0 Å². The highest BCUT2D eigenvalue weighted by Crippen LogP contribution is 2.22. The topological polar surface area (TPSA) is 54.9 Å². The van der Waals surface area contributed by atoms with Gasteiger partial charge in [0.1, 0.15) is 17.3 Å². The summed E-state index contributed by atoms with van der Waals surface area (Å²) in [4.78, 5) is 20.2. The van der Waals surface area contributed by atoms with Crippen molar-refractivity contribution >= 4 is 33.2 Å². The Hall–Kier alpha value is -1.41. The van der Waals surface area contributed by atoms with Gasteiger partial charge < -0.3 is 5.32 Å². The summed E-state index contributed by atoms with van der Waals surface area (Å²) in [6, 6.07) is 0.721. The van der Waals surface area contributed by atoms with E-state index in [9.17, 15) is 13.6 Å². The third kappa shape index (κ3) is 3.32. The van der Waals surface area contributed by atoms with Crippen molar-refractivity contribution in [3.63, 3.8) is 0 Å². The molecule has 1 amide bonds. The summed E-state index contributed by atoms with van der Waals surface area (Å²) in [5.41, 5.74) is 0.251. The van der Waals surface area contributed by atoms with E-state index in [2.05, 4.69) is 31.2 Å². The van der Waals surface area contributed by atoms with Crippen LogP contribution in [0.2, 0.25) is 0 Å². The summed E-state index contributed by atoms with van der Waals surface area (Å²) in [7, 11) is 0. The average Bonchev–Trinajstić information content (AvgIpc) is 2.67. The predicted octanol–water partition coefficient (Wildman–Crippen LogP) is 2.82. The zero-order chi connectivity index (χ0) is 14.0. The van der Waals surface area contributed by atoms with Crippen LogP contribution in [0.5, 0.6) is 0 Å². The number of pyridine rings is 1. The van der Waals surface area contributed by atoms with Crippen LogP contribution in [0.1, 0.15) is 21.1 Å². The number of rotatable bonds is 3. The van der Waals surface area contributed by atoms with Gasteiger partial charge in [0.2, 0.25) is 0 Å². The molecule has 0 aromatic carbocycles. The Morgan fingerprint density at radius 1 is 1.53 bits per heavy atom. The maximum Gasteiger partial charge on any atom is 0.271 e. The first kappa shape index (κ1) is 14.0. The Morgan fingerprint density at radius 3 is 2.84 bits per heavy atom. The van der Waals surface area contributed by atoms with Crippen molar-refractivity contribution in [1.82, 2.24) is 15.3 Å². The Balaban J connectivity index is 2.06. The van der Waals surface area contributed by atoms with E-state index < -0.39 is 17.5 Å². The largest absolute Gasteiger partial charge is 0.345 e. The van der Waals surface area contributed by atoms with E-state index >= 15 is 0 Å². The molecule has 2 aromatic rings. The molecule has 0 unspecified atom stereocenters. The minimum absolute atomic E-state index is 0.0262. The molecule has 0 saturated heterocycles. The molecule has 0 atom stereocenters. The van der Waals surface area contributed by atoms with Crippen molar-refractivity contribution in [2.45, 2.75) is 13.5 Å². The monoisotopic (exact) mass is 347 g/mol. The molecule has 0 saturated carbocycles. The lowest BCUT2D eigenvalue weighted by atomic mass is 10.3. The Labute approximate surface area is 120 Å². The lowest BCUT2D eigenvalue weighted by Gasteiger charge is -2.04. The van der Waals surface area contributed by atoms with Crippen LogP contribution >= 0.6 is 27.3 Å². The Morgan fingerprint density at radius 2 is 2.26 bits per heavy atom.